The maximum absolute atomic E-state index is 14.2. The van der Waals surface area contributed by atoms with E-state index in [0.29, 0.717) is 37.8 Å². The summed E-state index contributed by atoms with van der Waals surface area (Å²) in [5.41, 5.74) is 5.32. The number of carbonyl (C=O) groups is 4. The number of rotatable bonds is 16. The van der Waals surface area contributed by atoms with Crippen molar-refractivity contribution in [3.8, 4) is 0 Å². The fourth-order valence-corrected chi connectivity index (χ4v) is 7.89. The van der Waals surface area contributed by atoms with Crippen LogP contribution in [0.4, 0.5) is 10.5 Å². The highest BCUT2D eigenvalue weighted by atomic mass is 16.5. The largest absolute Gasteiger partial charge is 0.465 e. The number of hydrogen-bond acceptors (Lipinski definition) is 7. The van der Waals surface area contributed by atoms with Crippen LogP contribution in [0.1, 0.15) is 53.6 Å². The number of likely N-dealkylation sites (tertiary alicyclic amines) is 1. The van der Waals surface area contributed by atoms with Crippen LogP contribution in [0.3, 0.4) is 0 Å². The van der Waals surface area contributed by atoms with E-state index in [1.54, 1.807) is 24.0 Å². The van der Waals surface area contributed by atoms with E-state index >= 15 is 0 Å². The van der Waals surface area contributed by atoms with Gasteiger partial charge in [0.05, 0.1) is 24.9 Å². The molecule has 11 heteroatoms. The zero-order chi connectivity index (χ0) is 38.7. The summed E-state index contributed by atoms with van der Waals surface area (Å²) < 4.78 is 4.86. The third kappa shape index (κ3) is 10.6. The summed E-state index contributed by atoms with van der Waals surface area (Å²) in [6.07, 6.45) is 0.874. The highest BCUT2D eigenvalue weighted by Crippen LogP contribution is 2.33. The molecule has 288 valence electrons. The number of nitrogens with zero attached hydrogens (tertiary/aromatic N) is 1. The number of amides is 4. The first kappa shape index (κ1) is 39.2. The van der Waals surface area contributed by atoms with E-state index in [0.717, 1.165) is 27.8 Å². The first-order chi connectivity index (χ1) is 26.7. The number of hydrogen-bond donors (Lipinski definition) is 5. The first-order valence-electron chi connectivity index (χ1n) is 19.1. The van der Waals surface area contributed by atoms with E-state index in [1.807, 2.05) is 97.1 Å². The SMILES string of the molecule is CCOC(=O)CNC(=O)Nc1cccc(C[C@H]2C[C@H](Cc3ccccc3)N(C[C@@H](O)C[C@H](Cc3ccccc3)C(=O)N[C@H]3c4ccccc4C[C@H]3O)C2=O)c1. The van der Waals surface area contributed by atoms with Gasteiger partial charge in [-0.1, -0.05) is 97.1 Å². The van der Waals surface area contributed by atoms with Crippen molar-refractivity contribution in [1.29, 1.82) is 0 Å². The number of urea groups is 1. The number of benzene rings is 4. The van der Waals surface area contributed by atoms with Crippen LogP contribution in [0, 0.1) is 11.8 Å². The van der Waals surface area contributed by atoms with Gasteiger partial charge in [-0.3, -0.25) is 14.4 Å². The van der Waals surface area contributed by atoms with Crippen molar-refractivity contribution in [3.05, 3.63) is 137 Å². The molecule has 2 aliphatic rings. The maximum Gasteiger partial charge on any atom is 0.325 e. The lowest BCUT2D eigenvalue weighted by molar-refractivity contribution is -0.141. The Morgan fingerprint density at radius 2 is 1.56 bits per heavy atom. The first-order valence-corrected chi connectivity index (χ1v) is 19.1. The quantitative estimate of drug-likeness (QED) is 0.104. The van der Waals surface area contributed by atoms with Gasteiger partial charge in [-0.15, -0.1) is 0 Å². The highest BCUT2D eigenvalue weighted by Gasteiger charge is 2.41. The van der Waals surface area contributed by atoms with Gasteiger partial charge in [0.1, 0.15) is 6.54 Å². The van der Waals surface area contributed by atoms with E-state index < -0.39 is 36.2 Å². The van der Waals surface area contributed by atoms with Crippen molar-refractivity contribution in [1.82, 2.24) is 15.5 Å². The molecule has 4 aromatic rings. The van der Waals surface area contributed by atoms with Crippen LogP contribution >= 0.6 is 0 Å². The fourth-order valence-electron chi connectivity index (χ4n) is 7.89. The number of nitrogens with one attached hydrogen (secondary N) is 3. The topological polar surface area (TPSA) is 157 Å². The van der Waals surface area contributed by atoms with Crippen LogP contribution in [0.25, 0.3) is 0 Å². The summed E-state index contributed by atoms with van der Waals surface area (Å²) in [5, 5.41) is 30.9. The molecule has 11 nitrogen and oxygen atoms in total. The molecule has 6 rings (SSSR count). The Morgan fingerprint density at radius 1 is 0.873 bits per heavy atom. The minimum atomic E-state index is -0.984. The van der Waals surface area contributed by atoms with Crippen LogP contribution in [0.15, 0.2) is 109 Å². The summed E-state index contributed by atoms with van der Waals surface area (Å²) >= 11 is 0. The maximum atomic E-state index is 14.2. The predicted octanol–water partition coefficient (Wildman–Crippen LogP) is 4.76. The Labute approximate surface area is 322 Å². The molecule has 4 aromatic carbocycles. The third-order valence-electron chi connectivity index (χ3n) is 10.5. The van der Waals surface area contributed by atoms with Crippen LogP contribution in [-0.4, -0.2) is 76.9 Å². The Morgan fingerprint density at radius 3 is 2.31 bits per heavy atom. The minimum absolute atomic E-state index is 0.0692. The molecule has 1 saturated heterocycles. The van der Waals surface area contributed by atoms with Gasteiger partial charge in [0.25, 0.3) is 0 Å². The Hall–Kier alpha value is -5.52. The smallest absolute Gasteiger partial charge is 0.325 e. The van der Waals surface area contributed by atoms with Crippen molar-refractivity contribution in [2.24, 2.45) is 11.8 Å². The monoisotopic (exact) mass is 746 g/mol. The van der Waals surface area contributed by atoms with Gasteiger partial charge in [-0.05, 0) is 79.0 Å². The van der Waals surface area contributed by atoms with Crippen molar-refractivity contribution in [3.63, 3.8) is 0 Å². The number of aliphatic hydroxyl groups excluding tert-OH is 2. The Kier molecular flexibility index (Phi) is 13.3. The molecule has 0 radical (unpaired) electrons. The fraction of sp³-hybridized carbons (Fsp3) is 0.364. The number of anilines is 1. The number of carbonyl (C=O) groups excluding carboxylic acids is 4. The molecule has 1 aliphatic heterocycles. The molecule has 0 aromatic heterocycles. The zero-order valence-corrected chi connectivity index (χ0v) is 31.1. The van der Waals surface area contributed by atoms with E-state index in [9.17, 15) is 29.4 Å². The van der Waals surface area contributed by atoms with Crippen molar-refractivity contribution in [2.75, 3.05) is 25.0 Å². The third-order valence-corrected chi connectivity index (χ3v) is 10.5. The van der Waals surface area contributed by atoms with Crippen LogP contribution in [0.2, 0.25) is 0 Å². The van der Waals surface area contributed by atoms with Gasteiger partial charge in [0, 0.05) is 36.5 Å². The molecular weight excluding hydrogens is 697 g/mol. The molecule has 0 bridgehead atoms. The molecule has 0 saturated carbocycles. The number of β-amino-alcohol motifs (C(OH)–C–C–N with tert-alkyl or cyclic N) is 1. The van der Waals surface area contributed by atoms with Gasteiger partial charge in [-0.25, -0.2) is 4.79 Å². The van der Waals surface area contributed by atoms with E-state index in [-0.39, 0.29) is 49.9 Å². The Bertz CT molecular complexity index is 1920. The van der Waals surface area contributed by atoms with Crippen LogP contribution in [0.5, 0.6) is 0 Å². The molecular formula is C44H50N4O7. The second kappa shape index (κ2) is 18.7. The summed E-state index contributed by atoms with van der Waals surface area (Å²) in [6, 6.07) is 33.3. The molecule has 1 heterocycles. The second-order valence-electron chi connectivity index (χ2n) is 14.5. The van der Waals surface area contributed by atoms with Gasteiger partial charge in [-0.2, -0.15) is 0 Å². The lowest BCUT2D eigenvalue weighted by Gasteiger charge is -2.29. The second-order valence-corrected chi connectivity index (χ2v) is 14.5. The molecule has 5 N–H and O–H groups in total. The Balaban J connectivity index is 1.15. The number of esters is 1. The normalized spacial score (nSPS) is 20.0. The lowest BCUT2D eigenvalue weighted by Crippen LogP contribution is -2.43. The summed E-state index contributed by atoms with van der Waals surface area (Å²) in [4.78, 5) is 54.0. The van der Waals surface area contributed by atoms with E-state index in [2.05, 4.69) is 16.0 Å². The number of aliphatic hydroxyl groups is 2. The standard InChI is InChI=1S/C44H50N4O7/c1-2-55-40(51)27-45-44(54)46-35-18-11-16-31(22-35)21-34-24-36(23-30-14-7-4-8-15-30)48(43(34)53)28-37(49)25-33(20-29-12-5-3-6-13-29)42(52)47-41-38-19-10-9-17-32(38)26-39(41)50/h3-19,22,33-34,36-37,39,41,49-50H,2,20-21,23-28H2,1H3,(H,47,52)(H2,45,46,54)/t33-,34-,36-,37-,39+,41-/m0/s1. The van der Waals surface area contributed by atoms with Crippen molar-refractivity contribution >= 4 is 29.5 Å². The predicted molar refractivity (Wildman–Crippen MR) is 209 cm³/mol. The molecule has 1 aliphatic carbocycles. The van der Waals surface area contributed by atoms with Gasteiger partial charge in [0.15, 0.2) is 0 Å². The minimum Gasteiger partial charge on any atom is -0.465 e. The zero-order valence-electron chi connectivity index (χ0n) is 31.1. The van der Waals surface area contributed by atoms with Gasteiger partial charge < -0.3 is 35.8 Å². The van der Waals surface area contributed by atoms with Crippen molar-refractivity contribution < 1.29 is 34.1 Å². The summed E-state index contributed by atoms with van der Waals surface area (Å²) in [5.74, 6) is -1.82. The van der Waals surface area contributed by atoms with Crippen LogP contribution in [-0.2, 0) is 44.8 Å². The van der Waals surface area contributed by atoms with Gasteiger partial charge >= 0.3 is 12.0 Å². The molecule has 0 spiro atoms. The summed E-state index contributed by atoms with van der Waals surface area (Å²) in [6.45, 7) is 1.73. The molecule has 4 amide bonds. The van der Waals surface area contributed by atoms with Crippen molar-refractivity contribution in [2.45, 2.75) is 69.7 Å². The highest BCUT2D eigenvalue weighted by molar-refractivity contribution is 5.91. The molecule has 1 fully saturated rings. The van der Waals surface area contributed by atoms with E-state index in [1.165, 1.54) is 0 Å². The molecule has 6 atom stereocenters. The van der Waals surface area contributed by atoms with Crippen LogP contribution < -0.4 is 16.0 Å². The van der Waals surface area contributed by atoms with Gasteiger partial charge in [0.2, 0.25) is 11.8 Å². The summed E-state index contributed by atoms with van der Waals surface area (Å²) in [7, 11) is 0. The average Bonchev–Trinajstić information content (AvgIpc) is 3.64. The molecule has 0 unspecified atom stereocenters. The average molecular weight is 747 g/mol. The number of fused-ring (bicyclic) bond motifs is 1. The molecule has 55 heavy (non-hydrogen) atoms. The van der Waals surface area contributed by atoms with E-state index in [4.69, 9.17) is 4.74 Å². The number of ether oxygens (including phenoxy) is 1. The lowest BCUT2D eigenvalue weighted by atomic mass is 9.91.